The first kappa shape index (κ1) is 10.6. The van der Waals surface area contributed by atoms with Gasteiger partial charge in [-0.3, -0.25) is 4.98 Å². The van der Waals surface area contributed by atoms with Crippen molar-refractivity contribution in [2.45, 2.75) is 26.7 Å². The topological polar surface area (TPSA) is 36.7 Å². The van der Waals surface area contributed by atoms with Gasteiger partial charge in [-0.25, -0.2) is 8.78 Å². The van der Waals surface area contributed by atoms with Crippen LogP contribution >= 0.6 is 0 Å². The molecule has 0 unspecified atom stereocenters. The van der Waals surface area contributed by atoms with E-state index in [1.807, 2.05) is 6.07 Å². The Kier molecular flexibility index (Phi) is 3.13. The molecule has 74 valence electrons. The maximum Gasteiger partial charge on any atom is 0.280 e. The van der Waals surface area contributed by atoms with Gasteiger partial charge in [0.25, 0.3) is 6.43 Å². The van der Waals surface area contributed by atoms with E-state index in [2.05, 4.69) is 4.98 Å². The van der Waals surface area contributed by atoms with Crippen LogP contribution in [-0.4, -0.2) is 4.98 Å². The zero-order valence-electron chi connectivity index (χ0n) is 8.01. The van der Waals surface area contributed by atoms with Crippen LogP contribution in [0.4, 0.5) is 8.78 Å². The number of hydrogen-bond donors (Lipinski definition) is 0. The monoisotopic (exact) mass is 196 g/mol. The number of aromatic nitrogens is 1. The lowest BCUT2D eigenvalue weighted by molar-refractivity contribution is 0.145. The molecule has 0 aliphatic heterocycles. The van der Waals surface area contributed by atoms with Crippen molar-refractivity contribution in [3.63, 3.8) is 0 Å². The van der Waals surface area contributed by atoms with E-state index in [-0.39, 0.29) is 12.1 Å². The van der Waals surface area contributed by atoms with Crippen LogP contribution in [0.2, 0.25) is 0 Å². The molecule has 0 spiro atoms. The predicted octanol–water partition coefficient (Wildman–Crippen LogP) is 2.70. The molecule has 0 aromatic carbocycles. The SMILES string of the molecule is Cc1cc(CC#N)nc(C(F)F)c1C. The lowest BCUT2D eigenvalue weighted by Gasteiger charge is -2.08. The molecule has 1 heterocycles. The van der Waals surface area contributed by atoms with Crippen LogP contribution in [0.15, 0.2) is 6.07 Å². The van der Waals surface area contributed by atoms with E-state index in [0.717, 1.165) is 5.56 Å². The average molecular weight is 196 g/mol. The summed E-state index contributed by atoms with van der Waals surface area (Å²) in [6.45, 7) is 3.35. The number of pyridine rings is 1. The maximum absolute atomic E-state index is 12.5. The van der Waals surface area contributed by atoms with E-state index in [1.54, 1.807) is 19.9 Å². The first-order valence-electron chi connectivity index (χ1n) is 4.18. The molecule has 14 heavy (non-hydrogen) atoms. The van der Waals surface area contributed by atoms with E-state index in [1.165, 1.54) is 0 Å². The molecule has 0 saturated carbocycles. The van der Waals surface area contributed by atoms with Gasteiger partial charge in [0.15, 0.2) is 0 Å². The molecule has 0 amide bonds. The molecule has 2 nitrogen and oxygen atoms in total. The summed E-state index contributed by atoms with van der Waals surface area (Å²) in [5.74, 6) is 0. The molecular formula is C10H10F2N2. The highest BCUT2D eigenvalue weighted by molar-refractivity contribution is 5.32. The fourth-order valence-corrected chi connectivity index (χ4v) is 1.22. The van der Waals surface area contributed by atoms with Gasteiger partial charge in [-0.1, -0.05) is 0 Å². The fourth-order valence-electron chi connectivity index (χ4n) is 1.22. The summed E-state index contributed by atoms with van der Waals surface area (Å²) in [5, 5.41) is 8.43. The fraction of sp³-hybridized carbons (Fsp3) is 0.400. The Labute approximate surface area is 81.2 Å². The lowest BCUT2D eigenvalue weighted by Crippen LogP contribution is -2.01. The Hall–Kier alpha value is -1.50. The van der Waals surface area contributed by atoms with Gasteiger partial charge in [0.1, 0.15) is 5.69 Å². The smallest absolute Gasteiger partial charge is 0.250 e. The number of halogens is 2. The second-order valence-corrected chi connectivity index (χ2v) is 3.08. The molecule has 1 aromatic rings. The van der Waals surface area contributed by atoms with Crippen molar-refractivity contribution < 1.29 is 8.78 Å². The zero-order chi connectivity index (χ0) is 10.7. The summed E-state index contributed by atoms with van der Waals surface area (Å²) in [6.07, 6.45) is -2.51. The molecule has 1 rings (SSSR count). The van der Waals surface area contributed by atoms with Gasteiger partial charge in [0, 0.05) is 0 Å². The minimum Gasteiger partial charge on any atom is -0.250 e. The van der Waals surface area contributed by atoms with Crippen molar-refractivity contribution >= 4 is 0 Å². The highest BCUT2D eigenvalue weighted by Crippen LogP contribution is 2.23. The number of nitriles is 1. The van der Waals surface area contributed by atoms with Crippen molar-refractivity contribution in [2.75, 3.05) is 0 Å². The van der Waals surface area contributed by atoms with E-state index >= 15 is 0 Å². The van der Waals surface area contributed by atoms with Crippen LogP contribution < -0.4 is 0 Å². The molecule has 0 aliphatic rings. The molecule has 0 atom stereocenters. The number of nitrogens with zero attached hydrogens (tertiary/aromatic N) is 2. The molecule has 0 N–H and O–H groups in total. The quantitative estimate of drug-likeness (QED) is 0.729. The first-order chi connectivity index (χ1) is 6.56. The molecule has 0 aliphatic carbocycles. The number of alkyl halides is 2. The summed E-state index contributed by atoms with van der Waals surface area (Å²) >= 11 is 0. The van der Waals surface area contributed by atoms with Gasteiger partial charge < -0.3 is 0 Å². The first-order valence-corrected chi connectivity index (χ1v) is 4.18. The standard InChI is InChI=1S/C10H10F2N2/c1-6-5-8(3-4-13)14-9(7(6)2)10(11)12/h5,10H,3H2,1-2H3. The van der Waals surface area contributed by atoms with Crippen LogP contribution in [-0.2, 0) is 6.42 Å². The van der Waals surface area contributed by atoms with Crippen molar-refractivity contribution in [1.29, 1.82) is 5.26 Å². The molecular weight excluding hydrogens is 186 g/mol. The second kappa shape index (κ2) is 4.14. The lowest BCUT2D eigenvalue weighted by atomic mass is 10.1. The Balaban J connectivity index is 3.22. The minimum atomic E-state index is -2.58. The summed E-state index contributed by atoms with van der Waals surface area (Å²) in [6, 6.07) is 3.56. The largest absolute Gasteiger partial charge is 0.280 e. The number of hydrogen-bond acceptors (Lipinski definition) is 2. The highest BCUT2D eigenvalue weighted by Gasteiger charge is 2.14. The van der Waals surface area contributed by atoms with E-state index < -0.39 is 6.43 Å². The second-order valence-electron chi connectivity index (χ2n) is 3.08. The number of aryl methyl sites for hydroxylation is 1. The summed E-state index contributed by atoms with van der Waals surface area (Å²) in [7, 11) is 0. The van der Waals surface area contributed by atoms with Crippen LogP contribution in [0.25, 0.3) is 0 Å². The summed E-state index contributed by atoms with van der Waals surface area (Å²) < 4.78 is 25.0. The summed E-state index contributed by atoms with van der Waals surface area (Å²) in [4.78, 5) is 3.75. The van der Waals surface area contributed by atoms with Crippen molar-refractivity contribution in [3.05, 3.63) is 28.6 Å². The third-order valence-electron chi connectivity index (χ3n) is 2.09. The van der Waals surface area contributed by atoms with Gasteiger partial charge in [0.2, 0.25) is 0 Å². The molecule has 1 aromatic heterocycles. The number of rotatable bonds is 2. The Morgan fingerprint density at radius 3 is 2.64 bits per heavy atom. The van der Waals surface area contributed by atoms with Gasteiger partial charge in [-0.05, 0) is 31.0 Å². The highest BCUT2D eigenvalue weighted by atomic mass is 19.3. The minimum absolute atomic E-state index is 0.0703. The average Bonchev–Trinajstić information content (AvgIpc) is 2.11. The third-order valence-corrected chi connectivity index (χ3v) is 2.09. The van der Waals surface area contributed by atoms with Crippen LogP contribution in [0.3, 0.4) is 0 Å². The predicted molar refractivity (Wildman–Crippen MR) is 48.0 cm³/mol. The van der Waals surface area contributed by atoms with Crippen molar-refractivity contribution in [3.8, 4) is 6.07 Å². The van der Waals surface area contributed by atoms with Gasteiger partial charge in [-0.2, -0.15) is 5.26 Å². The van der Waals surface area contributed by atoms with Gasteiger partial charge in [-0.15, -0.1) is 0 Å². The van der Waals surface area contributed by atoms with Crippen LogP contribution in [0, 0.1) is 25.2 Å². The third kappa shape index (κ3) is 2.05. The van der Waals surface area contributed by atoms with Crippen molar-refractivity contribution in [1.82, 2.24) is 4.98 Å². The zero-order valence-corrected chi connectivity index (χ0v) is 8.01. The van der Waals surface area contributed by atoms with E-state index in [4.69, 9.17) is 5.26 Å². The molecule has 0 radical (unpaired) electrons. The summed E-state index contributed by atoms with van der Waals surface area (Å²) in [5.41, 5.74) is 1.45. The van der Waals surface area contributed by atoms with Gasteiger partial charge >= 0.3 is 0 Å². The van der Waals surface area contributed by atoms with E-state index in [0.29, 0.717) is 11.3 Å². The molecule has 0 fully saturated rings. The van der Waals surface area contributed by atoms with Crippen LogP contribution in [0.5, 0.6) is 0 Å². The normalized spacial score (nSPS) is 10.3. The maximum atomic E-state index is 12.5. The molecule has 4 heteroatoms. The van der Waals surface area contributed by atoms with Crippen LogP contribution in [0.1, 0.15) is 28.9 Å². The Bertz CT molecular complexity index is 380. The Morgan fingerprint density at radius 1 is 1.50 bits per heavy atom. The van der Waals surface area contributed by atoms with Crippen molar-refractivity contribution in [2.24, 2.45) is 0 Å². The molecule has 0 saturated heterocycles. The van der Waals surface area contributed by atoms with E-state index in [9.17, 15) is 8.78 Å². The Morgan fingerprint density at radius 2 is 2.14 bits per heavy atom. The molecule has 0 bridgehead atoms. The van der Waals surface area contributed by atoms with Gasteiger partial charge in [0.05, 0.1) is 18.2 Å².